The predicted molar refractivity (Wildman–Crippen MR) is 164 cm³/mol. The van der Waals surface area contributed by atoms with Gasteiger partial charge in [-0.2, -0.15) is 0 Å². The standard InChI is InChI=1S/C35H41N3O5/c1-35(2,3)31(36)33(40)38-20-26-18-27(43-21-22-12-14-24(15-13-22)34(41)42-4)17-16-25(26)19-30(38)32(39)37-29-11-7-9-23-8-5-6-10-28(23)29/h5-6,8,10,12-18,29-31H,7,9,11,19-21,36H2,1-4H3,(H,37,39). The molecule has 8 nitrogen and oxygen atoms in total. The van der Waals surface area contributed by atoms with Crippen LogP contribution in [0.15, 0.2) is 66.7 Å². The minimum Gasteiger partial charge on any atom is -0.489 e. The van der Waals surface area contributed by atoms with E-state index in [-0.39, 0.29) is 30.4 Å². The Balaban J connectivity index is 1.35. The van der Waals surface area contributed by atoms with Gasteiger partial charge in [0.05, 0.1) is 24.8 Å². The molecule has 1 aliphatic heterocycles. The largest absolute Gasteiger partial charge is 0.489 e. The fourth-order valence-corrected chi connectivity index (χ4v) is 5.86. The number of methoxy groups -OCH3 is 1. The van der Waals surface area contributed by atoms with Crippen LogP contribution in [0.3, 0.4) is 0 Å². The van der Waals surface area contributed by atoms with E-state index in [1.54, 1.807) is 17.0 Å². The Morgan fingerprint density at radius 2 is 1.74 bits per heavy atom. The van der Waals surface area contributed by atoms with Gasteiger partial charge >= 0.3 is 5.97 Å². The Morgan fingerprint density at radius 1 is 1.00 bits per heavy atom. The molecule has 0 saturated carbocycles. The number of nitrogens with zero attached hydrogens (tertiary/aromatic N) is 1. The van der Waals surface area contributed by atoms with Crippen molar-refractivity contribution in [3.8, 4) is 5.75 Å². The Bertz CT molecular complexity index is 1490. The first kappa shape index (κ1) is 30.3. The summed E-state index contributed by atoms with van der Waals surface area (Å²) in [4.78, 5) is 41.1. The van der Waals surface area contributed by atoms with Crippen LogP contribution >= 0.6 is 0 Å². The van der Waals surface area contributed by atoms with Crippen LogP contribution in [-0.4, -0.2) is 41.9 Å². The zero-order chi connectivity index (χ0) is 30.7. The number of amides is 2. The van der Waals surface area contributed by atoms with Crippen molar-refractivity contribution < 1.29 is 23.9 Å². The van der Waals surface area contributed by atoms with Gasteiger partial charge < -0.3 is 25.4 Å². The molecule has 43 heavy (non-hydrogen) atoms. The highest BCUT2D eigenvalue weighted by molar-refractivity contribution is 5.91. The highest BCUT2D eigenvalue weighted by Gasteiger charge is 2.40. The Labute approximate surface area is 253 Å². The van der Waals surface area contributed by atoms with E-state index in [2.05, 4.69) is 17.4 Å². The van der Waals surface area contributed by atoms with Crippen LogP contribution in [0.25, 0.3) is 0 Å². The van der Waals surface area contributed by atoms with Crippen LogP contribution in [0.4, 0.5) is 0 Å². The van der Waals surface area contributed by atoms with E-state index in [9.17, 15) is 14.4 Å². The number of esters is 1. The maximum atomic E-state index is 13.9. The molecule has 226 valence electrons. The van der Waals surface area contributed by atoms with Gasteiger partial charge in [-0.25, -0.2) is 4.79 Å². The number of aryl methyl sites for hydroxylation is 1. The summed E-state index contributed by atoms with van der Waals surface area (Å²) in [6, 6.07) is 19.6. The van der Waals surface area contributed by atoms with Crippen LogP contribution < -0.4 is 15.8 Å². The number of benzene rings is 3. The summed E-state index contributed by atoms with van der Waals surface area (Å²) in [5.41, 5.74) is 11.7. The van der Waals surface area contributed by atoms with E-state index in [1.807, 2.05) is 63.2 Å². The van der Waals surface area contributed by atoms with Crippen LogP contribution in [0.2, 0.25) is 0 Å². The van der Waals surface area contributed by atoms with Gasteiger partial charge in [-0.1, -0.05) is 63.2 Å². The number of rotatable bonds is 7. The van der Waals surface area contributed by atoms with Crippen molar-refractivity contribution in [2.75, 3.05) is 7.11 Å². The normalized spacial score (nSPS) is 18.6. The molecule has 2 amide bonds. The van der Waals surface area contributed by atoms with E-state index in [1.165, 1.54) is 12.7 Å². The number of hydrogen-bond acceptors (Lipinski definition) is 6. The van der Waals surface area contributed by atoms with Crippen molar-refractivity contribution in [2.45, 2.75) is 77.7 Å². The molecule has 3 aromatic carbocycles. The molecular weight excluding hydrogens is 542 g/mol. The smallest absolute Gasteiger partial charge is 0.337 e. The molecular formula is C35H41N3O5. The molecule has 3 aromatic rings. The first-order valence-electron chi connectivity index (χ1n) is 14.9. The summed E-state index contributed by atoms with van der Waals surface area (Å²) in [7, 11) is 1.35. The van der Waals surface area contributed by atoms with Gasteiger partial charge in [0.1, 0.15) is 18.4 Å². The maximum Gasteiger partial charge on any atom is 0.337 e. The van der Waals surface area contributed by atoms with Crippen molar-refractivity contribution in [2.24, 2.45) is 11.1 Å². The van der Waals surface area contributed by atoms with Gasteiger partial charge in [0, 0.05) is 13.0 Å². The summed E-state index contributed by atoms with van der Waals surface area (Å²) in [5, 5.41) is 3.28. The van der Waals surface area contributed by atoms with E-state index in [0.717, 1.165) is 41.5 Å². The van der Waals surface area contributed by atoms with Gasteiger partial charge in [0.2, 0.25) is 11.8 Å². The average Bonchev–Trinajstić information content (AvgIpc) is 3.01. The molecule has 0 fully saturated rings. The first-order valence-corrected chi connectivity index (χ1v) is 14.9. The van der Waals surface area contributed by atoms with Crippen LogP contribution in [0.5, 0.6) is 5.75 Å². The molecule has 1 heterocycles. The van der Waals surface area contributed by atoms with E-state index in [4.69, 9.17) is 15.2 Å². The number of hydrogen-bond donors (Lipinski definition) is 2. The first-order chi connectivity index (χ1) is 20.5. The summed E-state index contributed by atoms with van der Waals surface area (Å²) in [6.07, 6.45) is 3.28. The Hall–Kier alpha value is -4.17. The molecule has 1 aliphatic carbocycles. The monoisotopic (exact) mass is 583 g/mol. The van der Waals surface area contributed by atoms with Crippen LogP contribution in [0, 0.1) is 5.41 Å². The molecule has 3 unspecified atom stereocenters. The summed E-state index contributed by atoms with van der Waals surface area (Å²) in [5.74, 6) is -0.120. The number of nitrogens with one attached hydrogen (secondary N) is 1. The Kier molecular flexibility index (Phi) is 8.87. The zero-order valence-electron chi connectivity index (χ0n) is 25.4. The predicted octanol–water partition coefficient (Wildman–Crippen LogP) is 4.87. The molecule has 5 rings (SSSR count). The number of carbonyl (C=O) groups excluding carboxylic acids is 3. The van der Waals surface area contributed by atoms with Crippen molar-refractivity contribution in [1.82, 2.24) is 10.2 Å². The highest BCUT2D eigenvalue weighted by atomic mass is 16.5. The van der Waals surface area contributed by atoms with Gasteiger partial charge in [-0.05, 0) is 76.8 Å². The second-order valence-electron chi connectivity index (χ2n) is 12.6. The third kappa shape index (κ3) is 6.75. The molecule has 8 heteroatoms. The third-order valence-electron chi connectivity index (χ3n) is 8.56. The summed E-state index contributed by atoms with van der Waals surface area (Å²) >= 11 is 0. The SMILES string of the molecule is COC(=O)c1ccc(COc2ccc3c(c2)CN(C(=O)C(N)C(C)(C)C)C(C(=O)NC2CCCc4ccccc42)C3)cc1. The number of carbonyl (C=O) groups is 3. The lowest BCUT2D eigenvalue weighted by molar-refractivity contribution is -0.145. The van der Waals surface area contributed by atoms with E-state index in [0.29, 0.717) is 24.3 Å². The van der Waals surface area contributed by atoms with Gasteiger partial charge in [-0.15, -0.1) is 0 Å². The van der Waals surface area contributed by atoms with E-state index >= 15 is 0 Å². The number of fused-ring (bicyclic) bond motifs is 2. The second kappa shape index (κ2) is 12.6. The molecule has 2 aliphatic rings. The lowest BCUT2D eigenvalue weighted by atomic mass is 9.84. The minimum atomic E-state index is -0.757. The van der Waals surface area contributed by atoms with Gasteiger partial charge in [0.25, 0.3) is 0 Å². The quantitative estimate of drug-likeness (QED) is 0.384. The summed E-state index contributed by atoms with van der Waals surface area (Å²) < 4.78 is 10.8. The number of ether oxygens (including phenoxy) is 2. The van der Waals surface area contributed by atoms with Crippen molar-refractivity contribution in [1.29, 1.82) is 0 Å². The molecule has 0 aromatic heterocycles. The zero-order valence-corrected chi connectivity index (χ0v) is 25.4. The molecule has 3 N–H and O–H groups in total. The fraction of sp³-hybridized carbons (Fsp3) is 0.400. The second-order valence-corrected chi connectivity index (χ2v) is 12.6. The molecule has 0 spiro atoms. The molecule has 0 radical (unpaired) electrons. The van der Waals surface area contributed by atoms with Crippen molar-refractivity contribution in [3.63, 3.8) is 0 Å². The fourth-order valence-electron chi connectivity index (χ4n) is 5.86. The molecule has 0 saturated heterocycles. The van der Waals surface area contributed by atoms with Crippen molar-refractivity contribution >= 4 is 17.8 Å². The molecule has 0 bridgehead atoms. The average molecular weight is 584 g/mol. The lowest BCUT2D eigenvalue weighted by Crippen LogP contribution is -2.59. The number of nitrogens with two attached hydrogens (primary N) is 1. The highest BCUT2D eigenvalue weighted by Crippen LogP contribution is 2.33. The third-order valence-corrected chi connectivity index (χ3v) is 8.56. The van der Waals surface area contributed by atoms with Gasteiger partial charge in [0.15, 0.2) is 0 Å². The maximum absolute atomic E-state index is 13.9. The Morgan fingerprint density at radius 3 is 2.47 bits per heavy atom. The topological polar surface area (TPSA) is 111 Å². The van der Waals surface area contributed by atoms with Crippen molar-refractivity contribution in [3.05, 3.63) is 100 Å². The summed E-state index contributed by atoms with van der Waals surface area (Å²) in [6.45, 7) is 6.38. The molecule has 3 atom stereocenters. The lowest BCUT2D eigenvalue weighted by Gasteiger charge is -2.40. The van der Waals surface area contributed by atoms with Gasteiger partial charge in [-0.3, -0.25) is 9.59 Å². The van der Waals surface area contributed by atoms with Crippen LogP contribution in [0.1, 0.15) is 77.8 Å². The van der Waals surface area contributed by atoms with E-state index < -0.39 is 17.5 Å². The van der Waals surface area contributed by atoms with Crippen LogP contribution in [-0.2, 0) is 40.3 Å². The minimum absolute atomic E-state index is 0.0791.